The second-order valence-electron chi connectivity index (χ2n) is 2.09. The van der Waals surface area contributed by atoms with Crippen LogP contribution in [0.15, 0.2) is 6.08 Å². The van der Waals surface area contributed by atoms with Gasteiger partial charge in [0.05, 0.1) is 0 Å². The Bertz CT molecular complexity index is 50.5. The molecule has 0 aromatic heterocycles. The van der Waals surface area contributed by atoms with Crippen LogP contribution in [0.5, 0.6) is 0 Å². The van der Waals surface area contributed by atoms with E-state index in [1.54, 1.807) is 6.08 Å². The Morgan fingerprint density at radius 3 is 2.33 bits per heavy atom. The molecule has 0 radical (unpaired) electrons. The van der Waals surface area contributed by atoms with Crippen LogP contribution in [0.2, 0.25) is 0 Å². The average Bonchev–Trinajstić information content (AvgIpc) is 1.81. The van der Waals surface area contributed by atoms with Crippen LogP contribution in [-0.2, 0) is 0 Å². The van der Waals surface area contributed by atoms with Crippen LogP contribution in [0.25, 0.3) is 0 Å². The van der Waals surface area contributed by atoms with E-state index in [1.165, 1.54) is 25.7 Å². The fourth-order valence-corrected chi connectivity index (χ4v) is 0.689. The summed E-state index contributed by atoms with van der Waals surface area (Å²) in [6, 6.07) is 0. The Balaban J connectivity index is 0. The molecule has 0 saturated heterocycles. The van der Waals surface area contributed by atoms with Gasteiger partial charge in [-0.05, 0) is 0 Å². The first kappa shape index (κ1) is 12.4. The summed E-state index contributed by atoms with van der Waals surface area (Å²) < 4.78 is 0. The Labute approximate surface area is 81.0 Å². The number of hydrogen-bond donors (Lipinski definition) is 0. The van der Waals surface area contributed by atoms with Gasteiger partial charge in [0.1, 0.15) is 0 Å². The number of unbranched alkanes of at least 4 members (excludes halogenated alkanes) is 4. The summed E-state index contributed by atoms with van der Waals surface area (Å²) in [5.74, 6) is 0. The number of rotatable bonds is 5. The Morgan fingerprint density at radius 1 is 1.22 bits per heavy atom. The molecule has 0 heterocycles. The summed E-state index contributed by atoms with van der Waals surface area (Å²) in [5, 5.41) is 0. The summed E-state index contributed by atoms with van der Waals surface area (Å²) in [4.78, 5) is 0. The fourth-order valence-electron chi connectivity index (χ4n) is 0.689. The van der Waals surface area contributed by atoms with Crippen LogP contribution in [0.4, 0.5) is 0 Å². The average molecular weight is 134 g/mol. The summed E-state index contributed by atoms with van der Waals surface area (Å²) in [7, 11) is 0. The van der Waals surface area contributed by atoms with Gasteiger partial charge in [0.25, 0.3) is 0 Å². The SMILES string of the molecule is [CH-]=CCCCCCC.[Na+]. The third-order valence-corrected chi connectivity index (χ3v) is 1.22. The first-order valence-corrected chi connectivity index (χ1v) is 3.45. The topological polar surface area (TPSA) is 0 Å². The number of hydrogen-bond acceptors (Lipinski definition) is 0. The zero-order chi connectivity index (χ0) is 6.24. The molecule has 48 valence electrons. The minimum atomic E-state index is 0. The molecule has 0 aromatic rings. The largest absolute Gasteiger partial charge is 1.00 e. The summed E-state index contributed by atoms with van der Waals surface area (Å²) >= 11 is 0. The molecule has 0 N–H and O–H groups in total. The maximum absolute atomic E-state index is 5.19. The molecule has 0 atom stereocenters. The molecule has 0 aliphatic heterocycles. The van der Waals surface area contributed by atoms with Crippen molar-refractivity contribution in [2.24, 2.45) is 0 Å². The Morgan fingerprint density at radius 2 is 1.89 bits per heavy atom. The van der Waals surface area contributed by atoms with Gasteiger partial charge in [0, 0.05) is 0 Å². The van der Waals surface area contributed by atoms with Crippen LogP contribution in [0, 0.1) is 6.58 Å². The van der Waals surface area contributed by atoms with Gasteiger partial charge >= 0.3 is 29.6 Å². The van der Waals surface area contributed by atoms with Gasteiger partial charge in [-0.3, -0.25) is 6.08 Å². The van der Waals surface area contributed by atoms with Gasteiger partial charge in [-0.25, -0.2) is 0 Å². The number of allylic oxidation sites excluding steroid dienone is 1. The van der Waals surface area contributed by atoms with Crippen LogP contribution < -0.4 is 29.6 Å². The molecule has 0 amide bonds. The van der Waals surface area contributed by atoms with Crippen molar-refractivity contribution in [2.45, 2.75) is 39.0 Å². The molecule has 0 nitrogen and oxygen atoms in total. The Hall–Kier alpha value is 0.740. The summed E-state index contributed by atoms with van der Waals surface area (Å²) in [5.41, 5.74) is 0. The molecule has 0 aliphatic carbocycles. The van der Waals surface area contributed by atoms with Gasteiger partial charge in [-0.2, -0.15) is 0 Å². The molecule has 0 aliphatic rings. The molecule has 0 aromatic carbocycles. The van der Waals surface area contributed by atoms with Gasteiger partial charge in [-0.1, -0.05) is 39.0 Å². The van der Waals surface area contributed by atoms with Crippen molar-refractivity contribution in [1.29, 1.82) is 0 Å². The fraction of sp³-hybridized carbons (Fsp3) is 0.750. The first-order chi connectivity index (χ1) is 3.91. The van der Waals surface area contributed by atoms with E-state index in [2.05, 4.69) is 6.92 Å². The second-order valence-corrected chi connectivity index (χ2v) is 2.09. The smallest absolute Gasteiger partial charge is 0.518 e. The zero-order valence-electron chi connectivity index (χ0n) is 6.69. The monoisotopic (exact) mass is 134 g/mol. The molecular formula is C8H15Na. The summed E-state index contributed by atoms with van der Waals surface area (Å²) in [6.45, 7) is 7.40. The Kier molecular flexibility index (Phi) is 15.9. The van der Waals surface area contributed by atoms with Crippen LogP contribution in [0.3, 0.4) is 0 Å². The predicted molar refractivity (Wildman–Crippen MR) is 37.6 cm³/mol. The van der Waals surface area contributed by atoms with E-state index in [9.17, 15) is 0 Å². The van der Waals surface area contributed by atoms with Crippen molar-refractivity contribution >= 4 is 0 Å². The molecule has 1 heteroatoms. The van der Waals surface area contributed by atoms with Crippen molar-refractivity contribution in [3.05, 3.63) is 12.7 Å². The molecule has 0 spiro atoms. The van der Waals surface area contributed by atoms with E-state index in [-0.39, 0.29) is 29.6 Å². The normalized spacial score (nSPS) is 8.11. The minimum Gasteiger partial charge on any atom is -0.518 e. The summed E-state index contributed by atoms with van der Waals surface area (Å²) in [6.07, 6.45) is 8.10. The quantitative estimate of drug-likeness (QED) is 0.281. The van der Waals surface area contributed by atoms with E-state index < -0.39 is 0 Å². The second kappa shape index (κ2) is 11.5. The third-order valence-electron chi connectivity index (χ3n) is 1.22. The van der Waals surface area contributed by atoms with Gasteiger partial charge < -0.3 is 6.58 Å². The molecule has 0 fully saturated rings. The van der Waals surface area contributed by atoms with Crippen molar-refractivity contribution in [1.82, 2.24) is 0 Å². The molecule has 9 heavy (non-hydrogen) atoms. The maximum atomic E-state index is 5.19. The first-order valence-electron chi connectivity index (χ1n) is 3.45. The maximum Gasteiger partial charge on any atom is 1.00 e. The molecule has 0 unspecified atom stereocenters. The van der Waals surface area contributed by atoms with Crippen molar-refractivity contribution < 1.29 is 29.6 Å². The van der Waals surface area contributed by atoms with E-state index in [0.717, 1.165) is 6.42 Å². The standard InChI is InChI=1S/C8H15.Na/c1-3-5-7-8-6-4-2;/h1,3H,4-8H2,2H3;/q-1;+1. The molecule has 0 bridgehead atoms. The van der Waals surface area contributed by atoms with Crippen molar-refractivity contribution in [2.75, 3.05) is 0 Å². The van der Waals surface area contributed by atoms with E-state index in [4.69, 9.17) is 6.58 Å². The van der Waals surface area contributed by atoms with E-state index >= 15 is 0 Å². The van der Waals surface area contributed by atoms with Crippen LogP contribution >= 0.6 is 0 Å². The van der Waals surface area contributed by atoms with Gasteiger partial charge in [0.15, 0.2) is 0 Å². The molecular weight excluding hydrogens is 119 g/mol. The minimum absolute atomic E-state index is 0. The van der Waals surface area contributed by atoms with Crippen LogP contribution in [0.1, 0.15) is 39.0 Å². The zero-order valence-corrected chi connectivity index (χ0v) is 8.69. The van der Waals surface area contributed by atoms with Crippen LogP contribution in [-0.4, -0.2) is 0 Å². The molecule has 0 rings (SSSR count). The molecule has 0 saturated carbocycles. The van der Waals surface area contributed by atoms with Crippen molar-refractivity contribution in [3.63, 3.8) is 0 Å². The predicted octanol–water partition coefficient (Wildman–Crippen LogP) is -0.0500. The van der Waals surface area contributed by atoms with Crippen molar-refractivity contribution in [3.8, 4) is 0 Å². The van der Waals surface area contributed by atoms with E-state index in [0.29, 0.717) is 0 Å². The van der Waals surface area contributed by atoms with Gasteiger partial charge in [0.2, 0.25) is 0 Å². The van der Waals surface area contributed by atoms with E-state index in [1.807, 2.05) is 0 Å². The third kappa shape index (κ3) is 12.1. The van der Waals surface area contributed by atoms with Gasteiger partial charge in [-0.15, -0.1) is 0 Å².